The molecule has 0 amide bonds. The number of aliphatic hydroxyl groups is 1. The van der Waals surface area contributed by atoms with Gasteiger partial charge in [0, 0.05) is 26.1 Å². The van der Waals surface area contributed by atoms with E-state index in [-0.39, 0.29) is 12.0 Å². The van der Waals surface area contributed by atoms with E-state index in [1.165, 1.54) is 0 Å². The molecular formula is C9H16O3. The first-order valence-electron chi connectivity index (χ1n) is 4.53. The Balaban J connectivity index is 2.26. The molecule has 70 valence electrons. The van der Waals surface area contributed by atoms with Crippen LogP contribution in [-0.4, -0.2) is 31.2 Å². The molecule has 0 aliphatic heterocycles. The zero-order valence-corrected chi connectivity index (χ0v) is 7.62. The summed E-state index contributed by atoms with van der Waals surface area (Å²) in [7, 11) is 3.35. The lowest BCUT2D eigenvalue weighted by atomic mass is 9.98. The van der Waals surface area contributed by atoms with Crippen molar-refractivity contribution in [3.05, 3.63) is 0 Å². The van der Waals surface area contributed by atoms with Crippen LogP contribution in [0, 0.1) is 11.8 Å². The Kier molecular flexibility index (Phi) is 1.90. The van der Waals surface area contributed by atoms with Gasteiger partial charge >= 0.3 is 0 Å². The molecule has 2 aliphatic rings. The van der Waals surface area contributed by atoms with Gasteiger partial charge < -0.3 is 14.6 Å². The van der Waals surface area contributed by atoms with Crippen LogP contribution in [0.4, 0.5) is 0 Å². The van der Waals surface area contributed by atoms with Crippen molar-refractivity contribution >= 4 is 0 Å². The van der Waals surface area contributed by atoms with Gasteiger partial charge in [-0.2, -0.15) is 0 Å². The number of hydrogen-bond donors (Lipinski definition) is 1. The molecule has 2 aliphatic carbocycles. The molecule has 3 nitrogen and oxygen atoms in total. The maximum Gasteiger partial charge on any atom is 0.175 e. The van der Waals surface area contributed by atoms with Crippen molar-refractivity contribution in [2.75, 3.05) is 14.2 Å². The van der Waals surface area contributed by atoms with Crippen LogP contribution < -0.4 is 0 Å². The molecule has 1 N–H and O–H groups in total. The smallest absolute Gasteiger partial charge is 0.175 e. The van der Waals surface area contributed by atoms with Crippen LogP contribution in [0.5, 0.6) is 0 Å². The van der Waals surface area contributed by atoms with Crippen molar-refractivity contribution in [2.24, 2.45) is 11.8 Å². The van der Waals surface area contributed by atoms with Crippen LogP contribution in [0.25, 0.3) is 0 Å². The van der Waals surface area contributed by atoms with Crippen LogP contribution in [0.15, 0.2) is 0 Å². The van der Waals surface area contributed by atoms with E-state index in [4.69, 9.17) is 9.47 Å². The maximum atomic E-state index is 9.66. The molecule has 3 heteroatoms. The minimum Gasteiger partial charge on any atom is -0.393 e. The monoisotopic (exact) mass is 172 g/mol. The summed E-state index contributed by atoms with van der Waals surface area (Å²) in [6.07, 6.45) is 2.78. The van der Waals surface area contributed by atoms with Gasteiger partial charge in [-0.05, 0) is 19.3 Å². The number of hydrogen-bond acceptors (Lipinski definition) is 3. The molecule has 2 fully saturated rings. The van der Waals surface area contributed by atoms with Gasteiger partial charge in [0.25, 0.3) is 0 Å². The van der Waals surface area contributed by atoms with Crippen LogP contribution >= 0.6 is 0 Å². The van der Waals surface area contributed by atoms with Crippen LogP contribution in [-0.2, 0) is 9.47 Å². The highest BCUT2D eigenvalue weighted by molar-refractivity contribution is 5.04. The number of methoxy groups -OCH3 is 2. The average molecular weight is 172 g/mol. The van der Waals surface area contributed by atoms with Gasteiger partial charge in [-0.1, -0.05) is 0 Å². The van der Waals surface area contributed by atoms with E-state index in [2.05, 4.69) is 0 Å². The van der Waals surface area contributed by atoms with Crippen molar-refractivity contribution < 1.29 is 14.6 Å². The molecule has 0 saturated heterocycles. The molecule has 0 aromatic carbocycles. The number of fused-ring (bicyclic) bond motifs is 2. The zero-order valence-electron chi connectivity index (χ0n) is 7.62. The second-order valence-corrected chi connectivity index (χ2v) is 3.81. The second-order valence-electron chi connectivity index (χ2n) is 3.81. The normalized spacial score (nSPS) is 43.8. The molecule has 0 heterocycles. The Labute approximate surface area is 72.7 Å². The lowest BCUT2D eigenvalue weighted by Crippen LogP contribution is -2.40. The summed E-state index contributed by atoms with van der Waals surface area (Å²) in [5, 5.41) is 9.66. The molecule has 2 saturated carbocycles. The first-order valence-corrected chi connectivity index (χ1v) is 4.53. The fraction of sp³-hybridized carbons (Fsp3) is 1.00. The zero-order chi connectivity index (χ0) is 8.77. The van der Waals surface area contributed by atoms with Gasteiger partial charge in [-0.3, -0.25) is 0 Å². The van der Waals surface area contributed by atoms with Crippen molar-refractivity contribution in [1.29, 1.82) is 0 Å². The van der Waals surface area contributed by atoms with E-state index in [1.54, 1.807) is 14.2 Å². The molecule has 0 aromatic heterocycles. The highest BCUT2D eigenvalue weighted by Gasteiger charge is 2.60. The average Bonchev–Trinajstić information content (AvgIpc) is 2.56. The third kappa shape index (κ3) is 0.817. The van der Waals surface area contributed by atoms with Crippen molar-refractivity contribution in [3.63, 3.8) is 0 Å². The van der Waals surface area contributed by atoms with Crippen molar-refractivity contribution in [3.8, 4) is 0 Å². The van der Waals surface area contributed by atoms with Gasteiger partial charge in [0.1, 0.15) is 0 Å². The number of ether oxygens (including phenoxy) is 2. The molecule has 0 spiro atoms. The third-order valence-corrected chi connectivity index (χ3v) is 3.54. The lowest BCUT2D eigenvalue weighted by molar-refractivity contribution is -0.239. The predicted molar refractivity (Wildman–Crippen MR) is 43.6 cm³/mol. The van der Waals surface area contributed by atoms with Gasteiger partial charge in [-0.25, -0.2) is 0 Å². The summed E-state index contributed by atoms with van der Waals surface area (Å²) in [6.45, 7) is 0. The molecular weight excluding hydrogens is 156 g/mol. The summed E-state index contributed by atoms with van der Waals surface area (Å²) >= 11 is 0. The predicted octanol–water partition coefficient (Wildman–Crippen LogP) is 0.766. The van der Waals surface area contributed by atoms with Gasteiger partial charge in [0.05, 0.1) is 6.10 Å². The fourth-order valence-corrected chi connectivity index (χ4v) is 3.00. The molecule has 2 bridgehead atoms. The maximum absolute atomic E-state index is 9.66. The Bertz CT molecular complexity index is 177. The van der Waals surface area contributed by atoms with E-state index < -0.39 is 5.79 Å². The van der Waals surface area contributed by atoms with E-state index in [1.807, 2.05) is 0 Å². The third-order valence-electron chi connectivity index (χ3n) is 3.54. The Morgan fingerprint density at radius 1 is 1.25 bits per heavy atom. The first kappa shape index (κ1) is 8.48. The summed E-state index contributed by atoms with van der Waals surface area (Å²) in [5.74, 6) is 0.115. The summed E-state index contributed by atoms with van der Waals surface area (Å²) in [6, 6.07) is 0. The minimum absolute atomic E-state index is 0.192. The minimum atomic E-state index is -0.473. The summed E-state index contributed by atoms with van der Waals surface area (Å²) in [4.78, 5) is 0. The highest BCUT2D eigenvalue weighted by atomic mass is 16.7. The van der Waals surface area contributed by atoms with E-state index in [9.17, 15) is 5.11 Å². The quantitative estimate of drug-likeness (QED) is 0.625. The first-order chi connectivity index (χ1) is 5.74. The van der Waals surface area contributed by atoms with Gasteiger partial charge in [0.2, 0.25) is 0 Å². The van der Waals surface area contributed by atoms with Crippen LogP contribution in [0.3, 0.4) is 0 Å². The lowest BCUT2D eigenvalue weighted by Gasteiger charge is -2.31. The molecule has 12 heavy (non-hydrogen) atoms. The largest absolute Gasteiger partial charge is 0.393 e. The van der Waals surface area contributed by atoms with Gasteiger partial charge in [0.15, 0.2) is 5.79 Å². The SMILES string of the molecule is COC1(OC)C2CCC1C(O)C2. The van der Waals surface area contributed by atoms with Crippen LogP contribution in [0.2, 0.25) is 0 Å². The molecule has 2 rings (SSSR count). The van der Waals surface area contributed by atoms with E-state index in [0.717, 1.165) is 19.3 Å². The topological polar surface area (TPSA) is 38.7 Å². The van der Waals surface area contributed by atoms with Crippen molar-refractivity contribution in [2.45, 2.75) is 31.2 Å². The molecule has 3 unspecified atom stereocenters. The van der Waals surface area contributed by atoms with E-state index >= 15 is 0 Å². The second kappa shape index (κ2) is 2.69. The van der Waals surface area contributed by atoms with Crippen molar-refractivity contribution in [1.82, 2.24) is 0 Å². The van der Waals surface area contributed by atoms with Gasteiger partial charge in [-0.15, -0.1) is 0 Å². The Hall–Kier alpha value is -0.120. The molecule has 0 aromatic rings. The number of rotatable bonds is 2. The molecule has 0 radical (unpaired) electrons. The van der Waals surface area contributed by atoms with E-state index in [0.29, 0.717) is 5.92 Å². The Morgan fingerprint density at radius 2 is 1.92 bits per heavy atom. The summed E-state index contributed by atoms with van der Waals surface area (Å²) < 4.78 is 10.8. The fourth-order valence-electron chi connectivity index (χ4n) is 3.00. The standard InChI is InChI=1S/C9H16O3/c1-11-9(12-2)6-3-4-7(9)8(10)5-6/h6-8,10H,3-5H2,1-2H3. The highest BCUT2D eigenvalue weighted by Crippen LogP contribution is 2.54. The Morgan fingerprint density at radius 3 is 2.17 bits per heavy atom. The summed E-state index contributed by atoms with van der Waals surface area (Å²) in [5.41, 5.74) is 0. The molecule has 3 atom stereocenters. The van der Waals surface area contributed by atoms with Crippen LogP contribution in [0.1, 0.15) is 19.3 Å². The number of aliphatic hydroxyl groups excluding tert-OH is 1.